The van der Waals surface area contributed by atoms with Gasteiger partial charge in [0.25, 0.3) is 0 Å². The minimum atomic E-state index is 0.210. The molecule has 1 aromatic rings. The zero-order chi connectivity index (χ0) is 13.1. The Balaban J connectivity index is 2.17. The fraction of sp³-hybridized carbons (Fsp3) is 0.538. The Morgan fingerprint density at radius 1 is 1.11 bits per heavy atom. The van der Waals surface area contributed by atoms with Gasteiger partial charge in [0.2, 0.25) is 0 Å². The van der Waals surface area contributed by atoms with E-state index in [2.05, 4.69) is 5.32 Å². The minimum absolute atomic E-state index is 0.210. The fourth-order valence-corrected chi connectivity index (χ4v) is 3.34. The quantitative estimate of drug-likeness (QED) is 0.847. The molecular weight excluding hydrogens is 293 g/mol. The van der Waals surface area contributed by atoms with Gasteiger partial charge in [-0.2, -0.15) is 0 Å². The predicted molar refractivity (Wildman–Crippen MR) is 78.1 cm³/mol. The Morgan fingerprint density at radius 3 is 2.33 bits per heavy atom. The second kappa shape index (κ2) is 6.33. The van der Waals surface area contributed by atoms with Crippen LogP contribution in [0.2, 0.25) is 15.1 Å². The molecule has 0 radical (unpaired) electrons. The number of hydrogen-bond donors (Lipinski definition) is 1. The highest BCUT2D eigenvalue weighted by molar-refractivity contribution is 6.41. The first-order valence-electron chi connectivity index (χ1n) is 6.05. The van der Waals surface area contributed by atoms with Gasteiger partial charge in [0, 0.05) is 12.1 Å². The number of halogens is 3. The highest BCUT2D eigenvalue weighted by Gasteiger charge is 2.26. The van der Waals surface area contributed by atoms with Crippen LogP contribution in [0.5, 0.6) is 0 Å². The molecule has 1 saturated carbocycles. The molecule has 0 bridgehead atoms. The maximum atomic E-state index is 6.17. The largest absolute Gasteiger partial charge is 0.379 e. The minimum Gasteiger partial charge on any atom is -0.379 e. The van der Waals surface area contributed by atoms with E-state index in [-0.39, 0.29) is 12.1 Å². The maximum absolute atomic E-state index is 6.17. The van der Waals surface area contributed by atoms with Crippen LogP contribution >= 0.6 is 34.8 Å². The van der Waals surface area contributed by atoms with Crippen molar-refractivity contribution in [1.82, 2.24) is 0 Å². The van der Waals surface area contributed by atoms with Crippen molar-refractivity contribution in [2.24, 2.45) is 0 Å². The standard InChI is InChI=1S/C13H16Cl3NO/c1-18-12-5-3-2-4-11(12)17-13-9(15)6-8(14)7-10(13)16/h6-7,11-12,17H,2-5H2,1H3. The van der Waals surface area contributed by atoms with Gasteiger partial charge >= 0.3 is 0 Å². The summed E-state index contributed by atoms with van der Waals surface area (Å²) >= 11 is 18.2. The molecule has 1 fully saturated rings. The molecule has 2 atom stereocenters. The molecule has 0 amide bonds. The second-order valence-corrected chi connectivity index (χ2v) is 5.80. The maximum Gasteiger partial charge on any atom is 0.0772 e. The van der Waals surface area contributed by atoms with Gasteiger partial charge in [-0.25, -0.2) is 0 Å². The Hall–Kier alpha value is -0.150. The summed E-state index contributed by atoms with van der Waals surface area (Å²) in [5.74, 6) is 0. The van der Waals surface area contributed by atoms with Crippen LogP contribution in [-0.4, -0.2) is 19.3 Å². The van der Waals surface area contributed by atoms with E-state index in [4.69, 9.17) is 39.5 Å². The third-order valence-corrected chi connectivity index (χ3v) is 4.16. The smallest absolute Gasteiger partial charge is 0.0772 e. The van der Waals surface area contributed by atoms with Crippen molar-refractivity contribution in [2.45, 2.75) is 37.8 Å². The Kier molecular flexibility index (Phi) is 5.02. The third kappa shape index (κ3) is 3.24. The number of ether oxygens (including phenoxy) is 1. The summed E-state index contributed by atoms with van der Waals surface area (Å²) in [7, 11) is 1.75. The van der Waals surface area contributed by atoms with E-state index in [0.29, 0.717) is 15.1 Å². The molecule has 1 aliphatic carbocycles. The van der Waals surface area contributed by atoms with Crippen LogP contribution in [0.1, 0.15) is 25.7 Å². The van der Waals surface area contributed by atoms with Crippen molar-refractivity contribution in [1.29, 1.82) is 0 Å². The van der Waals surface area contributed by atoms with Gasteiger partial charge in [-0.3, -0.25) is 0 Å². The van der Waals surface area contributed by atoms with Crippen LogP contribution in [-0.2, 0) is 4.74 Å². The normalized spacial score (nSPS) is 24.0. The van der Waals surface area contributed by atoms with Gasteiger partial charge in [-0.15, -0.1) is 0 Å². The molecule has 0 aliphatic heterocycles. The highest BCUT2D eigenvalue weighted by Crippen LogP contribution is 2.36. The van der Waals surface area contributed by atoms with Crippen LogP contribution in [0, 0.1) is 0 Å². The predicted octanol–water partition coefficient (Wildman–Crippen LogP) is 5.02. The van der Waals surface area contributed by atoms with E-state index in [0.717, 1.165) is 18.5 Å². The summed E-state index contributed by atoms with van der Waals surface area (Å²) in [4.78, 5) is 0. The third-order valence-electron chi connectivity index (χ3n) is 3.34. The summed E-state index contributed by atoms with van der Waals surface area (Å²) in [6.45, 7) is 0. The summed E-state index contributed by atoms with van der Waals surface area (Å²) < 4.78 is 5.50. The van der Waals surface area contributed by atoms with Crippen LogP contribution in [0.3, 0.4) is 0 Å². The zero-order valence-electron chi connectivity index (χ0n) is 10.2. The molecule has 0 spiro atoms. The molecule has 5 heteroatoms. The molecule has 100 valence electrons. The first-order valence-corrected chi connectivity index (χ1v) is 7.19. The first kappa shape index (κ1) is 14.3. The Morgan fingerprint density at radius 2 is 1.72 bits per heavy atom. The van der Waals surface area contributed by atoms with Gasteiger partial charge in [0.1, 0.15) is 0 Å². The number of methoxy groups -OCH3 is 1. The van der Waals surface area contributed by atoms with Gasteiger partial charge in [-0.05, 0) is 25.0 Å². The van der Waals surface area contributed by atoms with Gasteiger partial charge < -0.3 is 10.1 Å². The van der Waals surface area contributed by atoms with Crippen LogP contribution in [0.15, 0.2) is 12.1 Å². The zero-order valence-corrected chi connectivity index (χ0v) is 12.4. The lowest BCUT2D eigenvalue weighted by molar-refractivity contribution is 0.0606. The van der Waals surface area contributed by atoms with E-state index in [1.54, 1.807) is 19.2 Å². The molecule has 1 aromatic carbocycles. The molecule has 1 aliphatic rings. The van der Waals surface area contributed by atoms with Crippen LogP contribution in [0.4, 0.5) is 5.69 Å². The van der Waals surface area contributed by atoms with Crippen LogP contribution < -0.4 is 5.32 Å². The van der Waals surface area contributed by atoms with Gasteiger partial charge in [0.15, 0.2) is 0 Å². The molecule has 0 aromatic heterocycles. The van der Waals surface area contributed by atoms with Crippen molar-refractivity contribution in [3.8, 4) is 0 Å². The van der Waals surface area contributed by atoms with E-state index >= 15 is 0 Å². The van der Waals surface area contributed by atoms with E-state index in [1.807, 2.05) is 0 Å². The van der Waals surface area contributed by atoms with Crippen molar-refractivity contribution >= 4 is 40.5 Å². The molecule has 0 saturated heterocycles. The highest BCUT2D eigenvalue weighted by atomic mass is 35.5. The van der Waals surface area contributed by atoms with Crippen molar-refractivity contribution in [2.75, 3.05) is 12.4 Å². The lowest BCUT2D eigenvalue weighted by Crippen LogP contribution is -2.37. The van der Waals surface area contributed by atoms with E-state index < -0.39 is 0 Å². The average Bonchev–Trinajstić information content (AvgIpc) is 2.34. The summed E-state index contributed by atoms with van der Waals surface area (Å²) in [5.41, 5.74) is 0.747. The molecule has 2 unspecified atom stereocenters. The monoisotopic (exact) mass is 307 g/mol. The number of anilines is 1. The summed E-state index contributed by atoms with van der Waals surface area (Å²) in [6, 6.07) is 3.64. The Labute approximate surface area is 123 Å². The number of rotatable bonds is 3. The van der Waals surface area contributed by atoms with E-state index in [1.165, 1.54) is 12.8 Å². The molecule has 1 N–H and O–H groups in total. The van der Waals surface area contributed by atoms with Gasteiger partial charge in [0.05, 0.1) is 27.9 Å². The van der Waals surface area contributed by atoms with Crippen molar-refractivity contribution < 1.29 is 4.74 Å². The summed E-state index contributed by atoms with van der Waals surface area (Å²) in [5, 5.41) is 5.04. The van der Waals surface area contributed by atoms with Crippen LogP contribution in [0.25, 0.3) is 0 Å². The fourth-order valence-electron chi connectivity index (χ4n) is 2.41. The topological polar surface area (TPSA) is 21.3 Å². The van der Waals surface area contributed by atoms with Crippen molar-refractivity contribution in [3.05, 3.63) is 27.2 Å². The van der Waals surface area contributed by atoms with E-state index in [9.17, 15) is 0 Å². The first-order chi connectivity index (χ1) is 8.61. The number of hydrogen-bond acceptors (Lipinski definition) is 2. The van der Waals surface area contributed by atoms with Crippen molar-refractivity contribution in [3.63, 3.8) is 0 Å². The summed E-state index contributed by atoms with van der Waals surface area (Å²) in [6.07, 6.45) is 4.74. The molecular formula is C13H16Cl3NO. The lowest BCUT2D eigenvalue weighted by atomic mass is 9.92. The SMILES string of the molecule is COC1CCCCC1Nc1c(Cl)cc(Cl)cc1Cl. The van der Waals surface area contributed by atoms with Gasteiger partial charge in [-0.1, -0.05) is 47.6 Å². The number of nitrogens with one attached hydrogen (secondary N) is 1. The average molecular weight is 309 g/mol. The second-order valence-electron chi connectivity index (χ2n) is 4.55. The molecule has 0 heterocycles. The molecule has 2 nitrogen and oxygen atoms in total. The lowest BCUT2D eigenvalue weighted by Gasteiger charge is -2.32. The Bertz CT molecular complexity index is 402. The molecule has 2 rings (SSSR count). The molecule has 18 heavy (non-hydrogen) atoms. The number of benzene rings is 1.